The van der Waals surface area contributed by atoms with Crippen molar-refractivity contribution in [1.29, 1.82) is 0 Å². The van der Waals surface area contributed by atoms with Crippen molar-refractivity contribution in [3.63, 3.8) is 0 Å². The van der Waals surface area contributed by atoms with Crippen LogP contribution >= 0.6 is 0 Å². The van der Waals surface area contributed by atoms with E-state index in [1.165, 1.54) is 0 Å². The van der Waals surface area contributed by atoms with Gasteiger partial charge in [0.15, 0.2) is 5.03 Å². The maximum Gasteiger partial charge on any atom is 0.268 e. The van der Waals surface area contributed by atoms with Gasteiger partial charge in [-0.25, -0.2) is 15.1 Å². The molecule has 0 aromatic heterocycles. The van der Waals surface area contributed by atoms with Crippen LogP contribution in [0.5, 0.6) is 0 Å². The third kappa shape index (κ3) is 9.92. The van der Waals surface area contributed by atoms with Crippen molar-refractivity contribution in [1.82, 2.24) is 16.1 Å². The van der Waals surface area contributed by atoms with Gasteiger partial charge in [-0.2, -0.15) is 0 Å². The summed E-state index contributed by atoms with van der Waals surface area (Å²) in [7, 11) is 0. The number of hydrazine groups is 1. The first-order valence-electron chi connectivity index (χ1n) is 10.6. The molecule has 10 heteroatoms. The molecule has 172 valence electrons. The monoisotopic (exact) mass is 434 g/mol. The number of amides is 2. The Balaban J connectivity index is 2.95. The zero-order chi connectivity index (χ0) is 23.3. The smallest absolute Gasteiger partial charge is 0.268 e. The van der Waals surface area contributed by atoms with Crippen LogP contribution in [0.1, 0.15) is 58.4 Å². The van der Waals surface area contributed by atoms with Gasteiger partial charge in [0.25, 0.3) is 11.9 Å². The Morgan fingerprint density at radius 2 is 1.94 bits per heavy atom. The molecule has 0 bridgehead atoms. The van der Waals surface area contributed by atoms with E-state index in [1.54, 1.807) is 5.43 Å². The maximum atomic E-state index is 13.0. The average Bonchev–Trinajstić information content (AvgIpc) is 2.67. The maximum absolute atomic E-state index is 13.0. The van der Waals surface area contributed by atoms with Gasteiger partial charge in [-0.1, -0.05) is 62.9 Å². The number of rotatable bonds is 13. The van der Waals surface area contributed by atoms with E-state index < -0.39 is 22.6 Å². The molecule has 0 aliphatic rings. The van der Waals surface area contributed by atoms with Gasteiger partial charge in [0.1, 0.15) is 0 Å². The summed E-state index contributed by atoms with van der Waals surface area (Å²) in [5, 5.41) is 15.3. The summed E-state index contributed by atoms with van der Waals surface area (Å²) in [5.74, 6) is -1.10. The fraction of sp³-hybridized carbons (Fsp3) is 0.571. The van der Waals surface area contributed by atoms with E-state index in [-0.39, 0.29) is 18.7 Å². The topological polar surface area (TPSA) is 152 Å². The fourth-order valence-corrected chi connectivity index (χ4v) is 3.06. The van der Waals surface area contributed by atoms with Crippen LogP contribution in [0.2, 0.25) is 0 Å². The number of nitrogens with one attached hydrogen (secondary N) is 3. The van der Waals surface area contributed by atoms with Crippen molar-refractivity contribution in [3.05, 3.63) is 46.0 Å². The Morgan fingerprint density at radius 1 is 1.26 bits per heavy atom. The minimum atomic E-state index is -1.72. The lowest BCUT2D eigenvalue weighted by molar-refractivity contribution is -0.525. The van der Waals surface area contributed by atoms with Crippen molar-refractivity contribution in [2.45, 2.75) is 65.0 Å². The third-order valence-corrected chi connectivity index (χ3v) is 4.57. The summed E-state index contributed by atoms with van der Waals surface area (Å²) in [6.07, 6.45) is 2.86. The Bertz CT molecular complexity index is 753. The minimum absolute atomic E-state index is 0.144. The average molecular weight is 435 g/mol. The zero-order valence-electron chi connectivity index (χ0n) is 18.5. The number of carbonyl (C=O) groups is 2. The van der Waals surface area contributed by atoms with Gasteiger partial charge in [-0.15, -0.1) is 0 Å². The van der Waals surface area contributed by atoms with Crippen LogP contribution in [0, 0.1) is 16.0 Å². The molecule has 0 aliphatic carbocycles. The molecule has 0 unspecified atom stereocenters. The summed E-state index contributed by atoms with van der Waals surface area (Å²) >= 11 is 0. The van der Waals surface area contributed by atoms with Gasteiger partial charge >= 0.3 is 0 Å². The Labute approximate surface area is 183 Å². The van der Waals surface area contributed by atoms with Crippen LogP contribution in [0.4, 0.5) is 0 Å². The number of guanidine groups is 1. The molecule has 31 heavy (non-hydrogen) atoms. The highest BCUT2D eigenvalue weighted by Gasteiger charge is 2.39. The molecule has 2 amide bonds. The molecule has 0 saturated carbocycles. The summed E-state index contributed by atoms with van der Waals surface area (Å²) in [4.78, 5) is 40.4. The van der Waals surface area contributed by atoms with Crippen molar-refractivity contribution < 1.29 is 14.6 Å². The molecular weight excluding hydrogens is 400 g/mol. The number of hydrogen-bond acceptors (Lipinski definition) is 5. The lowest BCUT2D eigenvalue weighted by Crippen LogP contribution is -2.59. The van der Waals surface area contributed by atoms with E-state index >= 15 is 0 Å². The number of carbonyl (C=O) groups excluding carboxylic acids is 2. The van der Waals surface area contributed by atoms with Crippen molar-refractivity contribution in [2.24, 2.45) is 16.6 Å². The van der Waals surface area contributed by atoms with Gasteiger partial charge < -0.3 is 16.4 Å². The Morgan fingerprint density at radius 3 is 2.52 bits per heavy atom. The van der Waals surface area contributed by atoms with Crippen molar-refractivity contribution in [3.8, 4) is 0 Å². The first-order valence-corrected chi connectivity index (χ1v) is 10.6. The molecule has 1 aromatic rings. The summed E-state index contributed by atoms with van der Waals surface area (Å²) in [6, 6.07) is 9.76. The van der Waals surface area contributed by atoms with E-state index in [9.17, 15) is 19.7 Å². The molecular formula is C21H34N6O4. The number of nitrogens with zero attached hydrogens (tertiary/aromatic N) is 2. The molecule has 0 aliphatic heterocycles. The van der Waals surface area contributed by atoms with Crippen molar-refractivity contribution >= 4 is 17.8 Å². The van der Waals surface area contributed by atoms with Crippen LogP contribution in [0.25, 0.3) is 0 Å². The Kier molecular flexibility index (Phi) is 11.0. The lowest BCUT2D eigenvalue weighted by Gasteiger charge is -2.30. The fourth-order valence-electron chi connectivity index (χ4n) is 3.06. The zero-order valence-corrected chi connectivity index (χ0v) is 18.5. The normalized spacial score (nSPS) is 13.4. The molecule has 0 fully saturated rings. The first kappa shape index (κ1) is 25.9. The molecule has 0 saturated heterocycles. The second kappa shape index (κ2) is 13.2. The molecule has 1 aromatic carbocycles. The van der Waals surface area contributed by atoms with Crippen LogP contribution in [-0.2, 0) is 16.0 Å². The number of nitrogens with two attached hydrogens (primary N) is 1. The Hall–Kier alpha value is -3.17. The number of hydrogen-bond donors (Lipinski definition) is 4. The molecule has 5 N–H and O–H groups in total. The van der Waals surface area contributed by atoms with Gasteiger partial charge in [-0.05, 0) is 30.7 Å². The van der Waals surface area contributed by atoms with E-state index in [1.807, 2.05) is 51.1 Å². The van der Waals surface area contributed by atoms with E-state index in [0.717, 1.165) is 12.0 Å². The molecule has 1 atom stereocenters. The molecule has 0 radical (unpaired) electrons. The summed E-state index contributed by atoms with van der Waals surface area (Å²) in [6.45, 7) is 6.27. The standard InChI is InChI=1S/C21H34N6O4/c1-4-14-21(25-20(22)26-27(30)31,19(29)23-15-13-16(2)3)24-18(28)12-8-11-17-9-6-5-7-10-17/h5-7,9-10,16H,4,8,11-15H2,1-3H3,(H,23,29)(H,24,28)(H3,22,25,26)/t21-/m1/s1. The summed E-state index contributed by atoms with van der Waals surface area (Å²) in [5.41, 5.74) is 6.76. The first-order chi connectivity index (χ1) is 14.7. The second-order valence-corrected chi connectivity index (χ2v) is 7.80. The van der Waals surface area contributed by atoms with Crippen molar-refractivity contribution in [2.75, 3.05) is 6.54 Å². The largest absolute Gasteiger partial charge is 0.365 e. The summed E-state index contributed by atoms with van der Waals surface area (Å²) < 4.78 is 0. The highest BCUT2D eigenvalue weighted by molar-refractivity contribution is 5.93. The molecule has 10 nitrogen and oxygen atoms in total. The van der Waals surface area contributed by atoms with Crippen LogP contribution in [0.3, 0.4) is 0 Å². The highest BCUT2D eigenvalue weighted by atomic mass is 16.7. The predicted molar refractivity (Wildman–Crippen MR) is 119 cm³/mol. The van der Waals surface area contributed by atoms with Gasteiger partial charge in [-0.3, -0.25) is 9.59 Å². The quantitative estimate of drug-likeness (QED) is 0.161. The van der Waals surface area contributed by atoms with Crippen LogP contribution < -0.4 is 21.8 Å². The minimum Gasteiger partial charge on any atom is -0.365 e. The second-order valence-electron chi connectivity index (χ2n) is 7.80. The van der Waals surface area contributed by atoms with E-state index in [0.29, 0.717) is 31.7 Å². The number of aliphatic imine (C=N–C) groups is 1. The molecule has 1 rings (SSSR count). The number of nitro groups is 1. The third-order valence-electron chi connectivity index (χ3n) is 4.57. The SMILES string of the molecule is CCC[C@](N=C(N)N[N+](=O)[O-])(NC(=O)CCCc1ccccc1)C(=O)NCCC(C)C. The number of aryl methyl sites for hydroxylation is 1. The lowest BCUT2D eigenvalue weighted by atomic mass is 10.0. The van der Waals surface area contributed by atoms with Gasteiger partial charge in [0, 0.05) is 19.4 Å². The van der Waals surface area contributed by atoms with Gasteiger partial charge in [0.2, 0.25) is 11.6 Å². The van der Waals surface area contributed by atoms with E-state index in [4.69, 9.17) is 5.73 Å². The van der Waals surface area contributed by atoms with E-state index in [2.05, 4.69) is 15.6 Å². The number of benzene rings is 1. The molecule has 0 heterocycles. The van der Waals surface area contributed by atoms with Crippen LogP contribution in [-0.4, -0.2) is 35.0 Å². The molecule has 0 spiro atoms. The predicted octanol–water partition coefficient (Wildman–Crippen LogP) is 1.88. The van der Waals surface area contributed by atoms with Crippen LogP contribution in [0.15, 0.2) is 35.3 Å². The highest BCUT2D eigenvalue weighted by Crippen LogP contribution is 2.17. The van der Waals surface area contributed by atoms with Gasteiger partial charge in [0.05, 0.1) is 0 Å².